The molecule has 0 spiro atoms. The number of carbonyl (C=O) groups is 1. The highest BCUT2D eigenvalue weighted by Crippen LogP contribution is 2.40. The van der Waals surface area contributed by atoms with Crippen LogP contribution in [0.4, 0.5) is 18.9 Å². The molecule has 1 amide bonds. The molecule has 2 aromatic carbocycles. The Labute approximate surface area is 160 Å². The number of rotatable bonds is 4. The maximum Gasteiger partial charge on any atom is 0.416 e. The lowest BCUT2D eigenvalue weighted by atomic mass is 9.91. The Balaban J connectivity index is 2.22. The second-order valence-corrected chi connectivity index (χ2v) is 6.82. The predicted molar refractivity (Wildman–Crippen MR) is 100 cm³/mol. The number of ether oxygens (including phenoxy) is 1. The van der Waals surface area contributed by atoms with Gasteiger partial charge in [-0.1, -0.05) is 12.1 Å². The average molecular weight is 396 g/mol. The summed E-state index contributed by atoms with van der Waals surface area (Å²) in [5, 5.41) is 0. The minimum absolute atomic E-state index is 0.112. The summed E-state index contributed by atoms with van der Waals surface area (Å²) in [6, 6.07) is 9.55. The summed E-state index contributed by atoms with van der Waals surface area (Å²) in [6.45, 7) is 1.91. The number of morpholine rings is 1. The van der Waals surface area contributed by atoms with Crippen molar-refractivity contribution in [2.24, 2.45) is 5.73 Å². The molecule has 2 aromatic rings. The van der Waals surface area contributed by atoms with Crippen LogP contribution in [-0.2, 0) is 22.1 Å². The lowest BCUT2D eigenvalue weighted by Gasteiger charge is -2.30. The van der Waals surface area contributed by atoms with Crippen LogP contribution in [0.3, 0.4) is 0 Å². The van der Waals surface area contributed by atoms with E-state index in [1.54, 1.807) is 30.3 Å². The SMILES string of the molecule is NC(=O)Cc1c(-c2ccc(S)cc2)cc(N2CCOCC2)cc1C(F)(F)F. The number of halogens is 3. The number of carbonyl (C=O) groups excluding carboxylic acids is 1. The predicted octanol–water partition coefficient (Wildman–Crippen LogP) is 3.53. The summed E-state index contributed by atoms with van der Waals surface area (Å²) in [6.07, 6.45) is -5.10. The fourth-order valence-corrected chi connectivity index (χ4v) is 3.33. The van der Waals surface area contributed by atoms with Crippen LogP contribution in [-0.4, -0.2) is 32.2 Å². The number of hydrogen-bond acceptors (Lipinski definition) is 4. The molecule has 0 radical (unpaired) electrons. The van der Waals surface area contributed by atoms with Gasteiger partial charge in [-0.25, -0.2) is 0 Å². The van der Waals surface area contributed by atoms with Gasteiger partial charge in [0, 0.05) is 23.7 Å². The van der Waals surface area contributed by atoms with E-state index in [0.29, 0.717) is 48.0 Å². The molecule has 0 unspecified atom stereocenters. The van der Waals surface area contributed by atoms with Gasteiger partial charge < -0.3 is 15.4 Å². The number of amides is 1. The third-order valence-electron chi connectivity index (χ3n) is 4.45. The molecule has 1 heterocycles. The van der Waals surface area contributed by atoms with Crippen molar-refractivity contribution in [3.8, 4) is 11.1 Å². The van der Waals surface area contributed by atoms with Crippen molar-refractivity contribution < 1.29 is 22.7 Å². The first-order chi connectivity index (χ1) is 12.8. The number of alkyl halides is 3. The van der Waals surface area contributed by atoms with E-state index in [-0.39, 0.29) is 5.56 Å². The van der Waals surface area contributed by atoms with E-state index in [1.807, 2.05) is 4.90 Å². The second kappa shape index (κ2) is 7.82. The number of hydrogen-bond donors (Lipinski definition) is 2. The van der Waals surface area contributed by atoms with Gasteiger partial charge in [-0.3, -0.25) is 4.79 Å². The van der Waals surface area contributed by atoms with Gasteiger partial charge in [0.15, 0.2) is 0 Å². The zero-order chi connectivity index (χ0) is 19.6. The lowest BCUT2D eigenvalue weighted by molar-refractivity contribution is -0.138. The molecule has 2 N–H and O–H groups in total. The van der Waals surface area contributed by atoms with Gasteiger partial charge in [-0.05, 0) is 41.0 Å². The van der Waals surface area contributed by atoms with Crippen molar-refractivity contribution in [3.63, 3.8) is 0 Å². The highest BCUT2D eigenvalue weighted by Gasteiger charge is 2.36. The van der Waals surface area contributed by atoms with Gasteiger partial charge in [0.25, 0.3) is 0 Å². The number of primary amides is 1. The first kappa shape index (κ1) is 19.6. The number of anilines is 1. The maximum atomic E-state index is 13.8. The first-order valence-electron chi connectivity index (χ1n) is 8.40. The normalized spacial score (nSPS) is 15.0. The summed E-state index contributed by atoms with van der Waals surface area (Å²) < 4.78 is 46.7. The number of benzene rings is 2. The number of nitrogens with zero attached hydrogens (tertiary/aromatic N) is 1. The molecule has 4 nitrogen and oxygen atoms in total. The quantitative estimate of drug-likeness (QED) is 0.778. The largest absolute Gasteiger partial charge is 0.416 e. The Bertz CT molecular complexity index is 832. The Morgan fingerprint density at radius 1 is 1.15 bits per heavy atom. The van der Waals surface area contributed by atoms with Crippen LogP contribution in [0.5, 0.6) is 0 Å². The monoisotopic (exact) mass is 396 g/mol. The van der Waals surface area contributed by atoms with E-state index in [2.05, 4.69) is 12.6 Å². The van der Waals surface area contributed by atoms with E-state index in [4.69, 9.17) is 10.5 Å². The third kappa shape index (κ3) is 4.56. The summed E-state index contributed by atoms with van der Waals surface area (Å²) in [7, 11) is 0. The highest BCUT2D eigenvalue weighted by atomic mass is 32.1. The van der Waals surface area contributed by atoms with Gasteiger partial charge in [-0.2, -0.15) is 13.2 Å². The van der Waals surface area contributed by atoms with E-state index in [0.717, 1.165) is 6.07 Å². The van der Waals surface area contributed by atoms with E-state index in [1.165, 1.54) is 0 Å². The van der Waals surface area contributed by atoms with Crippen molar-refractivity contribution in [1.29, 1.82) is 0 Å². The average Bonchev–Trinajstić information content (AvgIpc) is 2.62. The molecular formula is C19H19F3N2O2S. The summed E-state index contributed by atoms with van der Waals surface area (Å²) in [5.74, 6) is -0.813. The molecule has 0 aromatic heterocycles. The maximum absolute atomic E-state index is 13.8. The molecule has 8 heteroatoms. The molecule has 0 aliphatic carbocycles. The van der Waals surface area contributed by atoms with E-state index in [9.17, 15) is 18.0 Å². The highest BCUT2D eigenvalue weighted by molar-refractivity contribution is 7.80. The van der Waals surface area contributed by atoms with Crippen LogP contribution in [0.15, 0.2) is 41.3 Å². The third-order valence-corrected chi connectivity index (χ3v) is 4.74. The minimum Gasteiger partial charge on any atom is -0.378 e. The van der Waals surface area contributed by atoms with Crippen LogP contribution in [0, 0.1) is 0 Å². The second-order valence-electron chi connectivity index (χ2n) is 6.31. The molecule has 1 fully saturated rings. The summed E-state index contributed by atoms with van der Waals surface area (Å²) in [5.41, 5.74) is 5.66. The van der Waals surface area contributed by atoms with Crippen LogP contribution in [0.25, 0.3) is 11.1 Å². The molecule has 0 bridgehead atoms. The fraction of sp³-hybridized carbons (Fsp3) is 0.316. The van der Waals surface area contributed by atoms with Gasteiger partial charge in [0.2, 0.25) is 5.91 Å². The number of thiol groups is 1. The van der Waals surface area contributed by atoms with Crippen LogP contribution < -0.4 is 10.6 Å². The minimum atomic E-state index is -4.61. The molecule has 0 saturated carbocycles. The Kier molecular flexibility index (Phi) is 5.67. The smallest absolute Gasteiger partial charge is 0.378 e. The lowest BCUT2D eigenvalue weighted by Crippen LogP contribution is -2.36. The van der Waals surface area contributed by atoms with Crippen LogP contribution in [0.1, 0.15) is 11.1 Å². The van der Waals surface area contributed by atoms with Gasteiger partial charge in [0.05, 0.1) is 25.2 Å². The molecule has 1 aliphatic rings. The van der Waals surface area contributed by atoms with E-state index >= 15 is 0 Å². The van der Waals surface area contributed by atoms with Crippen LogP contribution >= 0.6 is 12.6 Å². The molecule has 144 valence electrons. The fourth-order valence-electron chi connectivity index (χ4n) is 3.18. The van der Waals surface area contributed by atoms with Gasteiger partial charge >= 0.3 is 6.18 Å². The van der Waals surface area contributed by atoms with Crippen molar-refractivity contribution in [3.05, 3.63) is 47.5 Å². The van der Waals surface area contributed by atoms with Crippen molar-refractivity contribution in [2.45, 2.75) is 17.5 Å². The van der Waals surface area contributed by atoms with Crippen LogP contribution in [0.2, 0.25) is 0 Å². The topological polar surface area (TPSA) is 55.6 Å². The zero-order valence-corrected chi connectivity index (χ0v) is 15.3. The Morgan fingerprint density at radius 3 is 2.33 bits per heavy atom. The Hall–Kier alpha value is -2.19. The van der Waals surface area contributed by atoms with Crippen molar-refractivity contribution in [2.75, 3.05) is 31.2 Å². The first-order valence-corrected chi connectivity index (χ1v) is 8.85. The molecule has 0 atom stereocenters. The van der Waals surface area contributed by atoms with Gasteiger partial charge in [-0.15, -0.1) is 12.6 Å². The van der Waals surface area contributed by atoms with Gasteiger partial charge in [0.1, 0.15) is 0 Å². The van der Waals surface area contributed by atoms with E-state index < -0.39 is 24.1 Å². The summed E-state index contributed by atoms with van der Waals surface area (Å²) >= 11 is 4.22. The molecular weight excluding hydrogens is 377 g/mol. The van der Waals surface area contributed by atoms with Crippen molar-refractivity contribution >= 4 is 24.2 Å². The Morgan fingerprint density at radius 2 is 1.78 bits per heavy atom. The summed E-state index contributed by atoms with van der Waals surface area (Å²) in [4.78, 5) is 14.0. The standard InChI is InChI=1S/C19H19F3N2O2S/c20-19(21,22)17-10-13(24-5-7-26-8-6-24)9-15(16(17)11-18(23)25)12-1-3-14(27)4-2-12/h1-4,9-10,27H,5-8,11H2,(H2,23,25). The molecule has 1 saturated heterocycles. The zero-order valence-electron chi connectivity index (χ0n) is 14.4. The number of nitrogens with two attached hydrogens (primary N) is 1. The molecule has 1 aliphatic heterocycles. The van der Waals surface area contributed by atoms with Crippen molar-refractivity contribution in [1.82, 2.24) is 0 Å². The molecule has 27 heavy (non-hydrogen) atoms. The molecule has 3 rings (SSSR count).